The highest BCUT2D eigenvalue weighted by Crippen LogP contribution is 2.26. The van der Waals surface area contributed by atoms with Crippen LogP contribution >= 0.6 is 0 Å². The summed E-state index contributed by atoms with van der Waals surface area (Å²) in [4.78, 5) is 13.9. The third kappa shape index (κ3) is 5.50. The van der Waals surface area contributed by atoms with Crippen LogP contribution in [-0.4, -0.2) is 49.1 Å². The number of nitrogens with one attached hydrogen (secondary N) is 2. The van der Waals surface area contributed by atoms with Gasteiger partial charge < -0.3 is 10.6 Å². The predicted molar refractivity (Wildman–Crippen MR) is 71.0 cm³/mol. The van der Waals surface area contributed by atoms with Gasteiger partial charge in [-0.05, 0) is 40.2 Å². The molecule has 2 atom stereocenters. The largest absolute Gasteiger partial charge is 0.353 e. The van der Waals surface area contributed by atoms with Gasteiger partial charge in [0.1, 0.15) is 0 Å². The van der Waals surface area contributed by atoms with Crippen molar-refractivity contribution in [3.8, 4) is 0 Å². The molecule has 1 aliphatic carbocycles. The lowest BCUT2D eigenvalue weighted by atomic mass is 10.2. The maximum Gasteiger partial charge on any atom is 0.234 e. The molecule has 1 fully saturated rings. The molecule has 4 nitrogen and oxygen atoms in total. The molecule has 0 aromatic rings. The van der Waals surface area contributed by atoms with Crippen LogP contribution in [0.4, 0.5) is 0 Å². The van der Waals surface area contributed by atoms with Crippen molar-refractivity contribution < 1.29 is 4.79 Å². The van der Waals surface area contributed by atoms with Crippen LogP contribution in [0.2, 0.25) is 0 Å². The van der Waals surface area contributed by atoms with Gasteiger partial charge in [0.05, 0.1) is 6.54 Å². The van der Waals surface area contributed by atoms with Gasteiger partial charge in [-0.1, -0.05) is 6.92 Å². The topological polar surface area (TPSA) is 44.4 Å². The molecular formula is C13H27N3O. The summed E-state index contributed by atoms with van der Waals surface area (Å²) in [5.41, 5.74) is 0. The fourth-order valence-corrected chi connectivity index (χ4v) is 1.72. The first-order valence-corrected chi connectivity index (χ1v) is 6.76. The summed E-state index contributed by atoms with van der Waals surface area (Å²) < 4.78 is 0. The molecule has 0 heterocycles. The number of likely N-dealkylation sites (N-methyl/N-ethyl adjacent to an activating group) is 1. The Morgan fingerprint density at radius 3 is 2.59 bits per heavy atom. The van der Waals surface area contributed by atoms with E-state index < -0.39 is 0 Å². The van der Waals surface area contributed by atoms with Gasteiger partial charge in [-0.2, -0.15) is 0 Å². The molecule has 2 unspecified atom stereocenters. The Balaban J connectivity index is 2.09. The molecule has 0 saturated heterocycles. The minimum absolute atomic E-state index is 0.0985. The molecule has 1 aliphatic rings. The fourth-order valence-electron chi connectivity index (χ4n) is 1.72. The molecule has 0 aromatic heterocycles. The van der Waals surface area contributed by atoms with Gasteiger partial charge in [0.15, 0.2) is 0 Å². The lowest BCUT2D eigenvalue weighted by Crippen LogP contribution is -2.44. The zero-order valence-electron chi connectivity index (χ0n) is 11.6. The van der Waals surface area contributed by atoms with Gasteiger partial charge in [0, 0.05) is 24.7 Å². The first-order chi connectivity index (χ1) is 8.04. The normalized spacial score (nSPS) is 19.1. The van der Waals surface area contributed by atoms with Crippen molar-refractivity contribution in [1.29, 1.82) is 0 Å². The summed E-state index contributed by atoms with van der Waals surface area (Å²) in [6, 6.07) is 1.59. The van der Waals surface area contributed by atoms with E-state index in [1.54, 1.807) is 0 Å². The van der Waals surface area contributed by atoms with Crippen molar-refractivity contribution in [3.63, 3.8) is 0 Å². The average Bonchev–Trinajstić information content (AvgIpc) is 3.15. The van der Waals surface area contributed by atoms with Crippen LogP contribution in [0.1, 0.15) is 40.0 Å². The maximum atomic E-state index is 11.6. The lowest BCUT2D eigenvalue weighted by Gasteiger charge is -2.24. The van der Waals surface area contributed by atoms with Crippen LogP contribution < -0.4 is 10.6 Å². The second kappa shape index (κ2) is 6.97. The number of nitrogens with zero attached hydrogens (tertiary/aromatic N) is 1. The van der Waals surface area contributed by atoms with Gasteiger partial charge in [0.25, 0.3) is 0 Å². The summed E-state index contributed by atoms with van der Waals surface area (Å²) in [5.74, 6) is 0.0985. The smallest absolute Gasteiger partial charge is 0.234 e. The van der Waals surface area contributed by atoms with Crippen LogP contribution in [0.15, 0.2) is 0 Å². The third-order valence-electron chi connectivity index (χ3n) is 3.64. The van der Waals surface area contributed by atoms with Crippen molar-refractivity contribution in [3.05, 3.63) is 0 Å². The van der Waals surface area contributed by atoms with Gasteiger partial charge in [-0.15, -0.1) is 0 Å². The molecule has 0 aliphatic heterocycles. The Hall–Kier alpha value is -0.610. The Kier molecular flexibility index (Phi) is 5.92. The summed E-state index contributed by atoms with van der Waals surface area (Å²) in [5, 5.41) is 6.18. The van der Waals surface area contributed by atoms with Crippen molar-refractivity contribution in [1.82, 2.24) is 15.5 Å². The van der Waals surface area contributed by atoms with E-state index in [1.807, 2.05) is 0 Å². The second-order valence-corrected chi connectivity index (χ2v) is 5.24. The fraction of sp³-hybridized carbons (Fsp3) is 0.923. The van der Waals surface area contributed by atoms with E-state index in [9.17, 15) is 4.79 Å². The van der Waals surface area contributed by atoms with Crippen molar-refractivity contribution in [2.75, 3.05) is 20.1 Å². The highest BCUT2D eigenvalue weighted by atomic mass is 16.1. The summed E-state index contributed by atoms with van der Waals surface area (Å²) >= 11 is 0. The molecule has 1 rings (SSSR count). The number of amides is 1. The summed E-state index contributed by atoms with van der Waals surface area (Å²) in [6.45, 7) is 7.54. The Morgan fingerprint density at radius 1 is 1.41 bits per heavy atom. The number of carbonyl (C=O) groups is 1. The van der Waals surface area contributed by atoms with E-state index in [0.717, 1.165) is 19.0 Å². The van der Waals surface area contributed by atoms with E-state index >= 15 is 0 Å². The zero-order valence-corrected chi connectivity index (χ0v) is 11.6. The molecule has 0 bridgehead atoms. The van der Waals surface area contributed by atoms with Crippen molar-refractivity contribution in [2.24, 2.45) is 0 Å². The van der Waals surface area contributed by atoms with Crippen molar-refractivity contribution in [2.45, 2.75) is 58.2 Å². The van der Waals surface area contributed by atoms with Crippen molar-refractivity contribution >= 4 is 5.91 Å². The SMILES string of the molecule is CCC(C)NCC(=O)NCC(C)N(C)C1CC1. The third-order valence-corrected chi connectivity index (χ3v) is 3.64. The number of hydrogen-bond acceptors (Lipinski definition) is 3. The maximum absolute atomic E-state index is 11.6. The highest BCUT2D eigenvalue weighted by Gasteiger charge is 2.28. The molecular weight excluding hydrogens is 214 g/mol. The lowest BCUT2D eigenvalue weighted by molar-refractivity contribution is -0.120. The minimum atomic E-state index is 0.0985. The molecule has 1 amide bonds. The van der Waals surface area contributed by atoms with Crippen LogP contribution in [0.25, 0.3) is 0 Å². The molecule has 4 heteroatoms. The first kappa shape index (κ1) is 14.5. The standard InChI is InChI=1S/C13H27N3O/c1-5-10(2)14-9-13(17)15-8-11(3)16(4)12-6-7-12/h10-12,14H,5-9H2,1-4H3,(H,15,17). The minimum Gasteiger partial charge on any atom is -0.353 e. The average molecular weight is 241 g/mol. The highest BCUT2D eigenvalue weighted by molar-refractivity contribution is 5.78. The predicted octanol–water partition coefficient (Wildman–Crippen LogP) is 0.973. The molecule has 17 heavy (non-hydrogen) atoms. The van der Waals surface area contributed by atoms with E-state index in [2.05, 4.69) is 43.4 Å². The quantitative estimate of drug-likeness (QED) is 0.665. The summed E-state index contributed by atoms with van der Waals surface area (Å²) in [6.07, 6.45) is 3.67. The number of carbonyl (C=O) groups excluding carboxylic acids is 1. The molecule has 0 radical (unpaired) electrons. The second-order valence-electron chi connectivity index (χ2n) is 5.24. The van der Waals surface area contributed by atoms with E-state index in [-0.39, 0.29) is 5.91 Å². The van der Waals surface area contributed by atoms with Gasteiger partial charge >= 0.3 is 0 Å². The van der Waals surface area contributed by atoms with E-state index in [1.165, 1.54) is 12.8 Å². The first-order valence-electron chi connectivity index (χ1n) is 6.76. The number of rotatable bonds is 8. The zero-order chi connectivity index (χ0) is 12.8. The Labute approximate surface area is 105 Å². The molecule has 100 valence electrons. The van der Waals surface area contributed by atoms with Crippen LogP contribution in [0, 0.1) is 0 Å². The van der Waals surface area contributed by atoms with Crippen LogP contribution in [0.5, 0.6) is 0 Å². The molecule has 0 aromatic carbocycles. The number of hydrogen-bond donors (Lipinski definition) is 2. The van der Waals surface area contributed by atoms with Gasteiger partial charge in [-0.25, -0.2) is 0 Å². The van der Waals surface area contributed by atoms with Gasteiger partial charge in [0.2, 0.25) is 5.91 Å². The van der Waals surface area contributed by atoms with E-state index in [0.29, 0.717) is 18.6 Å². The van der Waals surface area contributed by atoms with Crippen LogP contribution in [-0.2, 0) is 4.79 Å². The van der Waals surface area contributed by atoms with Crippen LogP contribution in [0.3, 0.4) is 0 Å². The summed E-state index contributed by atoms with van der Waals surface area (Å²) in [7, 11) is 2.14. The van der Waals surface area contributed by atoms with Gasteiger partial charge in [-0.3, -0.25) is 9.69 Å². The Bertz CT molecular complexity index is 241. The molecule has 1 saturated carbocycles. The monoisotopic (exact) mass is 241 g/mol. The molecule has 2 N–H and O–H groups in total. The van der Waals surface area contributed by atoms with E-state index in [4.69, 9.17) is 0 Å². The molecule has 0 spiro atoms. The Morgan fingerprint density at radius 2 is 2.06 bits per heavy atom.